The van der Waals surface area contributed by atoms with Gasteiger partial charge < -0.3 is 10.1 Å². The maximum atomic E-state index is 13.3. The van der Waals surface area contributed by atoms with Crippen LogP contribution in [0, 0.1) is 16.7 Å². The largest absolute Gasteiger partial charge is 0.457 e. The number of nitrogens with one attached hydrogen (secondary N) is 1. The number of benzene rings is 4. The zero-order chi connectivity index (χ0) is 25.5. The van der Waals surface area contributed by atoms with Crippen LogP contribution < -0.4 is 10.1 Å². The minimum absolute atomic E-state index is 0.299. The van der Waals surface area contributed by atoms with Gasteiger partial charge in [-0.2, -0.15) is 5.26 Å². The molecule has 0 unspecified atom stereocenters. The van der Waals surface area contributed by atoms with Gasteiger partial charge in [-0.15, -0.1) is 0 Å². The minimum atomic E-state index is -0.475. The molecule has 4 heteroatoms. The maximum Gasteiger partial charge on any atom is 0.255 e. The summed E-state index contributed by atoms with van der Waals surface area (Å²) in [6, 6.07) is 36.7. The molecule has 1 N–H and O–H groups in total. The first-order valence-corrected chi connectivity index (χ1v) is 11.8. The summed E-state index contributed by atoms with van der Waals surface area (Å²) in [5.74, 6) is 0.954. The van der Waals surface area contributed by atoms with Crippen molar-refractivity contribution < 1.29 is 9.53 Å². The predicted molar refractivity (Wildman–Crippen MR) is 144 cm³/mol. The lowest BCUT2D eigenvalue weighted by atomic mass is 9.86. The average molecular weight is 473 g/mol. The molecule has 0 spiro atoms. The number of ether oxygens (including phenoxy) is 1. The number of para-hydroxylation sites is 1. The van der Waals surface area contributed by atoms with Gasteiger partial charge in [-0.25, -0.2) is 0 Å². The highest BCUT2D eigenvalue weighted by molar-refractivity contribution is 5.97. The van der Waals surface area contributed by atoms with Gasteiger partial charge in [0.1, 0.15) is 17.6 Å². The van der Waals surface area contributed by atoms with Gasteiger partial charge in [0.2, 0.25) is 0 Å². The first kappa shape index (κ1) is 24.5. The summed E-state index contributed by atoms with van der Waals surface area (Å²) < 4.78 is 5.88. The van der Waals surface area contributed by atoms with Crippen LogP contribution in [0.4, 0.5) is 0 Å². The Bertz CT molecular complexity index is 1410. The number of hydrogen-bond acceptors (Lipinski definition) is 3. The normalized spacial score (nSPS) is 11.7. The standard InChI is InChI=1S/C32H28N2O2/c1-32(2,3)30(29(22-33)25-19-17-24(18-20-25)23-11-6-4-7-12-23)34-31(35)26-13-10-16-28(21-26)36-27-14-8-5-9-15-27/h4-21H,1-3H3,(H,34,35). The molecule has 0 saturated carbocycles. The van der Waals surface area contributed by atoms with E-state index in [1.54, 1.807) is 24.3 Å². The highest BCUT2D eigenvalue weighted by Crippen LogP contribution is 2.32. The zero-order valence-electron chi connectivity index (χ0n) is 20.7. The molecule has 0 fully saturated rings. The van der Waals surface area contributed by atoms with Crippen molar-refractivity contribution in [3.8, 4) is 28.7 Å². The van der Waals surface area contributed by atoms with Gasteiger partial charge in [-0.05, 0) is 47.0 Å². The second kappa shape index (κ2) is 10.8. The predicted octanol–water partition coefficient (Wildman–Crippen LogP) is 7.86. The molecule has 0 atom stereocenters. The molecule has 0 aliphatic heterocycles. The third-order valence-electron chi connectivity index (χ3n) is 5.71. The van der Waals surface area contributed by atoms with Crippen LogP contribution in [-0.4, -0.2) is 5.91 Å². The SMILES string of the molecule is CC(C)(C)C(NC(=O)c1cccc(Oc2ccccc2)c1)=C(C#N)c1ccc(-c2ccccc2)cc1. The number of nitrogens with zero attached hydrogens (tertiary/aromatic N) is 1. The highest BCUT2D eigenvalue weighted by atomic mass is 16.5. The van der Waals surface area contributed by atoms with E-state index in [-0.39, 0.29) is 5.91 Å². The van der Waals surface area contributed by atoms with Crippen LogP contribution in [0.25, 0.3) is 16.7 Å². The number of hydrogen-bond donors (Lipinski definition) is 1. The summed E-state index contributed by atoms with van der Waals surface area (Å²) in [6.07, 6.45) is 0. The fourth-order valence-corrected chi connectivity index (χ4v) is 3.86. The second-order valence-electron chi connectivity index (χ2n) is 9.45. The third-order valence-corrected chi connectivity index (χ3v) is 5.71. The lowest BCUT2D eigenvalue weighted by molar-refractivity contribution is 0.0957. The van der Waals surface area contributed by atoms with Gasteiger partial charge in [0, 0.05) is 16.7 Å². The summed E-state index contributed by atoms with van der Waals surface area (Å²) in [7, 11) is 0. The van der Waals surface area contributed by atoms with E-state index in [1.807, 2.05) is 106 Å². The van der Waals surface area contributed by atoms with Gasteiger partial charge in [-0.3, -0.25) is 4.79 Å². The molecule has 4 rings (SSSR count). The lowest BCUT2D eigenvalue weighted by Crippen LogP contribution is -2.31. The van der Waals surface area contributed by atoms with E-state index >= 15 is 0 Å². The smallest absolute Gasteiger partial charge is 0.255 e. The van der Waals surface area contributed by atoms with Crippen molar-refractivity contribution in [2.75, 3.05) is 0 Å². The fourth-order valence-electron chi connectivity index (χ4n) is 3.86. The van der Waals surface area contributed by atoms with Gasteiger partial charge in [0.25, 0.3) is 5.91 Å². The Hall–Kier alpha value is -4.62. The molecule has 4 aromatic carbocycles. The van der Waals surface area contributed by atoms with Crippen LogP contribution in [-0.2, 0) is 0 Å². The molecular formula is C32H28N2O2. The summed E-state index contributed by atoms with van der Waals surface area (Å²) in [5, 5.41) is 13.1. The number of allylic oxidation sites excluding steroid dienone is 2. The van der Waals surface area contributed by atoms with Crippen molar-refractivity contribution in [1.29, 1.82) is 5.26 Å². The van der Waals surface area contributed by atoms with Crippen LogP contribution >= 0.6 is 0 Å². The van der Waals surface area contributed by atoms with Crippen molar-refractivity contribution >= 4 is 11.5 Å². The summed E-state index contributed by atoms with van der Waals surface area (Å²) in [4.78, 5) is 13.3. The Kier molecular flexibility index (Phi) is 7.32. The van der Waals surface area contributed by atoms with E-state index in [0.717, 1.165) is 16.7 Å². The zero-order valence-corrected chi connectivity index (χ0v) is 20.7. The van der Waals surface area contributed by atoms with Crippen LogP contribution in [0.3, 0.4) is 0 Å². The number of carbonyl (C=O) groups is 1. The van der Waals surface area contributed by atoms with Crippen LogP contribution in [0.15, 0.2) is 115 Å². The van der Waals surface area contributed by atoms with Gasteiger partial charge >= 0.3 is 0 Å². The van der Waals surface area contributed by atoms with E-state index in [4.69, 9.17) is 4.74 Å². The summed E-state index contributed by atoms with van der Waals surface area (Å²) >= 11 is 0. The summed E-state index contributed by atoms with van der Waals surface area (Å²) in [5.41, 5.74) is 3.90. The molecule has 178 valence electrons. The molecule has 0 aliphatic rings. The van der Waals surface area contributed by atoms with Crippen molar-refractivity contribution in [2.24, 2.45) is 5.41 Å². The Balaban J connectivity index is 1.63. The molecule has 0 saturated heterocycles. The molecule has 4 aromatic rings. The van der Waals surface area contributed by atoms with E-state index < -0.39 is 5.41 Å². The Morgan fingerprint density at radius 2 is 1.31 bits per heavy atom. The lowest BCUT2D eigenvalue weighted by Gasteiger charge is -2.25. The number of nitriles is 1. The second-order valence-corrected chi connectivity index (χ2v) is 9.45. The molecule has 0 bridgehead atoms. The van der Waals surface area contributed by atoms with Gasteiger partial charge in [0.15, 0.2) is 0 Å². The van der Waals surface area contributed by atoms with E-state index in [9.17, 15) is 10.1 Å². The monoisotopic (exact) mass is 472 g/mol. The number of amides is 1. The first-order chi connectivity index (χ1) is 17.3. The molecule has 1 amide bonds. The third kappa shape index (κ3) is 5.89. The van der Waals surface area contributed by atoms with Crippen molar-refractivity contribution in [3.63, 3.8) is 0 Å². The maximum absolute atomic E-state index is 13.3. The van der Waals surface area contributed by atoms with Gasteiger partial charge in [-0.1, -0.05) is 99.6 Å². The molecule has 0 heterocycles. The highest BCUT2D eigenvalue weighted by Gasteiger charge is 2.25. The van der Waals surface area contributed by atoms with Crippen molar-refractivity contribution in [3.05, 3.63) is 126 Å². The average Bonchev–Trinajstić information content (AvgIpc) is 2.89. The van der Waals surface area contributed by atoms with E-state index in [0.29, 0.717) is 28.3 Å². The minimum Gasteiger partial charge on any atom is -0.457 e. The molecule has 0 radical (unpaired) electrons. The molecule has 0 aliphatic carbocycles. The molecule has 4 nitrogen and oxygen atoms in total. The molecule has 0 aromatic heterocycles. The fraction of sp³-hybridized carbons (Fsp3) is 0.125. The Morgan fingerprint density at radius 1 is 0.722 bits per heavy atom. The molecular weight excluding hydrogens is 444 g/mol. The van der Waals surface area contributed by atoms with E-state index in [1.165, 1.54) is 0 Å². The number of carbonyl (C=O) groups excluding carboxylic acids is 1. The summed E-state index contributed by atoms with van der Waals surface area (Å²) in [6.45, 7) is 5.94. The topological polar surface area (TPSA) is 62.1 Å². The molecule has 36 heavy (non-hydrogen) atoms. The first-order valence-electron chi connectivity index (χ1n) is 11.8. The van der Waals surface area contributed by atoms with Crippen molar-refractivity contribution in [2.45, 2.75) is 20.8 Å². The van der Waals surface area contributed by atoms with Gasteiger partial charge in [0.05, 0.1) is 5.57 Å². The van der Waals surface area contributed by atoms with Crippen LogP contribution in [0.5, 0.6) is 11.5 Å². The number of rotatable bonds is 6. The van der Waals surface area contributed by atoms with Crippen LogP contribution in [0.1, 0.15) is 36.7 Å². The van der Waals surface area contributed by atoms with Crippen LogP contribution in [0.2, 0.25) is 0 Å². The Labute approximate surface area is 212 Å². The van der Waals surface area contributed by atoms with Crippen molar-refractivity contribution in [1.82, 2.24) is 5.32 Å². The Morgan fingerprint density at radius 3 is 1.92 bits per heavy atom. The van der Waals surface area contributed by atoms with E-state index in [2.05, 4.69) is 11.4 Å². The quantitative estimate of drug-likeness (QED) is 0.291.